The Labute approximate surface area is 121 Å². The van der Waals surface area contributed by atoms with Crippen molar-refractivity contribution in [3.8, 4) is 5.75 Å². The van der Waals surface area contributed by atoms with E-state index in [1.165, 1.54) is 25.4 Å². The highest BCUT2D eigenvalue weighted by Crippen LogP contribution is 2.20. The van der Waals surface area contributed by atoms with Crippen LogP contribution in [0.1, 0.15) is 15.9 Å². The van der Waals surface area contributed by atoms with Gasteiger partial charge in [0.15, 0.2) is 5.78 Å². The van der Waals surface area contributed by atoms with Crippen molar-refractivity contribution in [3.05, 3.63) is 71.7 Å². The van der Waals surface area contributed by atoms with Crippen LogP contribution in [0.25, 0.3) is 10.9 Å². The van der Waals surface area contributed by atoms with Gasteiger partial charge in [-0.15, -0.1) is 0 Å². The number of ketones is 1. The van der Waals surface area contributed by atoms with Gasteiger partial charge in [0.1, 0.15) is 11.6 Å². The number of methoxy groups -OCH3 is 1. The molecule has 3 nitrogen and oxygen atoms in total. The molecule has 0 unspecified atom stereocenters. The molecule has 0 atom stereocenters. The first kappa shape index (κ1) is 13.2. The largest absolute Gasteiger partial charge is 0.497 e. The van der Waals surface area contributed by atoms with Crippen molar-refractivity contribution in [1.82, 2.24) is 4.98 Å². The second kappa shape index (κ2) is 5.32. The third kappa shape index (κ3) is 2.48. The Morgan fingerprint density at radius 3 is 2.71 bits per heavy atom. The average Bonchev–Trinajstić information content (AvgIpc) is 2.53. The molecule has 3 rings (SSSR count). The van der Waals surface area contributed by atoms with Crippen molar-refractivity contribution in [3.63, 3.8) is 0 Å². The summed E-state index contributed by atoms with van der Waals surface area (Å²) >= 11 is 0. The van der Waals surface area contributed by atoms with E-state index in [0.29, 0.717) is 11.3 Å². The number of hydrogen-bond acceptors (Lipinski definition) is 3. The molecule has 0 aliphatic carbocycles. The molecular formula is C17H12FNO2. The molecule has 0 aliphatic rings. The number of ether oxygens (including phenoxy) is 1. The maximum atomic E-state index is 14.0. The van der Waals surface area contributed by atoms with Crippen LogP contribution in [0.5, 0.6) is 5.75 Å². The fourth-order valence-electron chi connectivity index (χ4n) is 2.16. The number of hydrogen-bond donors (Lipinski definition) is 0. The first-order valence-electron chi connectivity index (χ1n) is 6.42. The summed E-state index contributed by atoms with van der Waals surface area (Å²) < 4.78 is 18.9. The van der Waals surface area contributed by atoms with E-state index >= 15 is 0 Å². The van der Waals surface area contributed by atoms with Crippen molar-refractivity contribution in [2.24, 2.45) is 0 Å². The van der Waals surface area contributed by atoms with E-state index < -0.39 is 11.6 Å². The van der Waals surface area contributed by atoms with Gasteiger partial charge in [-0.05, 0) is 24.3 Å². The smallest absolute Gasteiger partial charge is 0.197 e. The molecule has 0 saturated heterocycles. The van der Waals surface area contributed by atoms with Crippen molar-refractivity contribution < 1.29 is 13.9 Å². The standard InChI is InChI=1S/C17H12FNO2/c1-21-13-6-7-14(15(18)9-13)17(20)12-8-11-4-2-3-5-16(11)19-10-12/h2-10H,1H3. The highest BCUT2D eigenvalue weighted by Gasteiger charge is 2.15. The molecule has 0 bridgehead atoms. The Morgan fingerprint density at radius 1 is 1.14 bits per heavy atom. The van der Waals surface area contributed by atoms with Crippen LogP contribution in [0.3, 0.4) is 0 Å². The summed E-state index contributed by atoms with van der Waals surface area (Å²) in [5.74, 6) is -0.624. The summed E-state index contributed by atoms with van der Waals surface area (Å²) in [6.45, 7) is 0. The first-order valence-corrected chi connectivity index (χ1v) is 6.42. The summed E-state index contributed by atoms with van der Waals surface area (Å²) in [5, 5.41) is 0.845. The van der Waals surface area contributed by atoms with Gasteiger partial charge in [-0.25, -0.2) is 4.39 Å². The number of nitrogens with zero attached hydrogens (tertiary/aromatic N) is 1. The van der Waals surface area contributed by atoms with Crippen LogP contribution in [0.2, 0.25) is 0 Å². The molecule has 21 heavy (non-hydrogen) atoms. The van der Waals surface area contributed by atoms with Gasteiger partial charge < -0.3 is 4.74 Å². The SMILES string of the molecule is COc1ccc(C(=O)c2cnc3ccccc3c2)c(F)c1. The number of benzene rings is 2. The van der Waals surface area contributed by atoms with E-state index in [2.05, 4.69) is 4.98 Å². The van der Waals surface area contributed by atoms with Crippen molar-refractivity contribution >= 4 is 16.7 Å². The molecule has 0 amide bonds. The molecule has 4 heteroatoms. The van der Waals surface area contributed by atoms with Crippen molar-refractivity contribution in [2.75, 3.05) is 7.11 Å². The van der Waals surface area contributed by atoms with E-state index in [9.17, 15) is 9.18 Å². The van der Waals surface area contributed by atoms with Crippen LogP contribution < -0.4 is 4.74 Å². The molecule has 0 spiro atoms. The Kier molecular flexibility index (Phi) is 3.36. The summed E-state index contributed by atoms with van der Waals surface area (Å²) in [5.41, 5.74) is 1.16. The van der Waals surface area contributed by atoms with E-state index in [4.69, 9.17) is 4.74 Å². The number of fused-ring (bicyclic) bond motifs is 1. The van der Waals surface area contributed by atoms with E-state index in [0.717, 1.165) is 10.9 Å². The number of halogens is 1. The number of rotatable bonds is 3. The van der Waals surface area contributed by atoms with E-state index in [-0.39, 0.29) is 5.56 Å². The Balaban J connectivity index is 2.03. The molecule has 0 fully saturated rings. The van der Waals surface area contributed by atoms with Gasteiger partial charge in [0.2, 0.25) is 0 Å². The Morgan fingerprint density at radius 2 is 1.95 bits per heavy atom. The molecule has 1 aromatic heterocycles. The molecule has 0 radical (unpaired) electrons. The molecule has 0 saturated carbocycles. The lowest BCUT2D eigenvalue weighted by Gasteiger charge is -2.06. The number of carbonyl (C=O) groups is 1. The van der Waals surface area contributed by atoms with Gasteiger partial charge in [-0.2, -0.15) is 0 Å². The average molecular weight is 281 g/mol. The van der Waals surface area contributed by atoms with Crippen LogP contribution in [0, 0.1) is 5.82 Å². The fraction of sp³-hybridized carbons (Fsp3) is 0.0588. The molecule has 0 N–H and O–H groups in total. The fourth-order valence-corrected chi connectivity index (χ4v) is 2.16. The predicted octanol–water partition coefficient (Wildman–Crippen LogP) is 3.61. The third-order valence-corrected chi connectivity index (χ3v) is 3.27. The van der Waals surface area contributed by atoms with Crippen LogP contribution >= 0.6 is 0 Å². The normalized spacial score (nSPS) is 10.6. The van der Waals surface area contributed by atoms with Gasteiger partial charge in [-0.1, -0.05) is 18.2 Å². The lowest BCUT2D eigenvalue weighted by molar-refractivity contribution is 0.103. The topological polar surface area (TPSA) is 39.2 Å². The highest BCUT2D eigenvalue weighted by atomic mass is 19.1. The molecule has 1 heterocycles. The zero-order chi connectivity index (χ0) is 14.8. The van der Waals surface area contributed by atoms with Gasteiger partial charge in [0.25, 0.3) is 0 Å². The van der Waals surface area contributed by atoms with Gasteiger partial charge >= 0.3 is 0 Å². The summed E-state index contributed by atoms with van der Waals surface area (Å²) in [4.78, 5) is 16.6. The lowest BCUT2D eigenvalue weighted by Crippen LogP contribution is -2.05. The quantitative estimate of drug-likeness (QED) is 0.688. The summed E-state index contributed by atoms with van der Waals surface area (Å²) in [6, 6.07) is 13.4. The van der Waals surface area contributed by atoms with E-state index in [1.807, 2.05) is 24.3 Å². The zero-order valence-electron chi connectivity index (χ0n) is 11.3. The van der Waals surface area contributed by atoms with Crippen molar-refractivity contribution in [2.45, 2.75) is 0 Å². The number of pyridine rings is 1. The van der Waals surface area contributed by atoms with E-state index in [1.54, 1.807) is 12.1 Å². The number of para-hydroxylation sites is 1. The maximum absolute atomic E-state index is 14.0. The van der Waals surface area contributed by atoms with Crippen LogP contribution in [0.15, 0.2) is 54.7 Å². The second-order valence-corrected chi connectivity index (χ2v) is 4.59. The predicted molar refractivity (Wildman–Crippen MR) is 78.1 cm³/mol. The molecular weight excluding hydrogens is 269 g/mol. The molecule has 3 aromatic rings. The van der Waals surface area contributed by atoms with Gasteiger partial charge in [0.05, 0.1) is 18.2 Å². The molecule has 0 aliphatic heterocycles. The van der Waals surface area contributed by atoms with Crippen LogP contribution in [-0.2, 0) is 0 Å². The second-order valence-electron chi connectivity index (χ2n) is 4.59. The zero-order valence-corrected chi connectivity index (χ0v) is 11.3. The summed E-state index contributed by atoms with van der Waals surface area (Å²) in [7, 11) is 1.45. The minimum atomic E-state index is -0.604. The van der Waals surface area contributed by atoms with Crippen LogP contribution in [0.4, 0.5) is 4.39 Å². The Bertz CT molecular complexity index is 830. The summed E-state index contributed by atoms with van der Waals surface area (Å²) in [6.07, 6.45) is 1.47. The Hall–Kier alpha value is -2.75. The lowest BCUT2D eigenvalue weighted by atomic mass is 10.0. The number of carbonyl (C=O) groups excluding carboxylic acids is 1. The monoisotopic (exact) mass is 281 g/mol. The molecule has 2 aromatic carbocycles. The first-order chi connectivity index (χ1) is 10.2. The van der Waals surface area contributed by atoms with Crippen LogP contribution in [-0.4, -0.2) is 17.9 Å². The third-order valence-electron chi connectivity index (χ3n) is 3.27. The minimum Gasteiger partial charge on any atom is -0.497 e. The van der Waals surface area contributed by atoms with Gasteiger partial charge in [-0.3, -0.25) is 9.78 Å². The molecule has 104 valence electrons. The van der Waals surface area contributed by atoms with Crippen molar-refractivity contribution in [1.29, 1.82) is 0 Å². The van der Waals surface area contributed by atoms with Gasteiger partial charge in [0, 0.05) is 23.2 Å². The maximum Gasteiger partial charge on any atom is 0.197 e. The highest BCUT2D eigenvalue weighted by molar-refractivity contribution is 6.10. The number of aromatic nitrogens is 1. The minimum absolute atomic E-state index is 0.00730.